The summed E-state index contributed by atoms with van der Waals surface area (Å²) in [7, 11) is 0. The molecular formula is C11H19NO2. The summed E-state index contributed by atoms with van der Waals surface area (Å²) in [6.45, 7) is 2.76. The lowest BCUT2D eigenvalue weighted by Gasteiger charge is -2.26. The SMILES string of the molecule is O=C(OC[C@@H]1CCCNC1)C1CCC1. The van der Waals surface area contributed by atoms with Gasteiger partial charge in [0.15, 0.2) is 0 Å². The van der Waals surface area contributed by atoms with Crippen molar-refractivity contribution in [1.29, 1.82) is 0 Å². The van der Waals surface area contributed by atoms with E-state index in [1.165, 1.54) is 19.3 Å². The number of rotatable bonds is 3. The molecule has 0 spiro atoms. The van der Waals surface area contributed by atoms with Gasteiger partial charge >= 0.3 is 5.97 Å². The molecule has 2 aliphatic rings. The molecule has 3 heteroatoms. The van der Waals surface area contributed by atoms with Crippen molar-refractivity contribution in [3.8, 4) is 0 Å². The van der Waals surface area contributed by atoms with Crippen molar-refractivity contribution in [2.45, 2.75) is 32.1 Å². The van der Waals surface area contributed by atoms with Crippen LogP contribution >= 0.6 is 0 Å². The third kappa shape index (κ3) is 2.47. The van der Waals surface area contributed by atoms with Gasteiger partial charge in [0, 0.05) is 12.5 Å². The normalized spacial score (nSPS) is 28.1. The molecular weight excluding hydrogens is 178 g/mol. The van der Waals surface area contributed by atoms with Gasteiger partial charge in [0.2, 0.25) is 0 Å². The smallest absolute Gasteiger partial charge is 0.308 e. The minimum Gasteiger partial charge on any atom is -0.465 e. The van der Waals surface area contributed by atoms with Gasteiger partial charge in [-0.3, -0.25) is 4.79 Å². The standard InChI is InChI=1S/C11H19NO2/c13-11(10-4-1-5-10)14-8-9-3-2-6-12-7-9/h9-10,12H,1-8H2/t9-/m1/s1. The third-order valence-corrected chi connectivity index (χ3v) is 3.30. The van der Waals surface area contributed by atoms with Gasteiger partial charge in [-0.2, -0.15) is 0 Å². The van der Waals surface area contributed by atoms with E-state index in [1.807, 2.05) is 0 Å². The van der Waals surface area contributed by atoms with Crippen molar-refractivity contribution in [2.24, 2.45) is 11.8 Å². The zero-order chi connectivity index (χ0) is 9.80. The van der Waals surface area contributed by atoms with Crippen LogP contribution < -0.4 is 5.32 Å². The minimum absolute atomic E-state index is 0.0434. The highest BCUT2D eigenvalue weighted by Crippen LogP contribution is 2.27. The van der Waals surface area contributed by atoms with E-state index in [0.29, 0.717) is 12.5 Å². The number of esters is 1. The number of hydrogen-bond acceptors (Lipinski definition) is 3. The maximum Gasteiger partial charge on any atom is 0.308 e. The van der Waals surface area contributed by atoms with E-state index >= 15 is 0 Å². The van der Waals surface area contributed by atoms with Crippen molar-refractivity contribution < 1.29 is 9.53 Å². The van der Waals surface area contributed by atoms with Crippen LogP contribution in [0.1, 0.15) is 32.1 Å². The Labute approximate surface area is 85.2 Å². The number of ether oxygens (including phenoxy) is 1. The molecule has 0 bridgehead atoms. The van der Waals surface area contributed by atoms with Crippen LogP contribution in [0.2, 0.25) is 0 Å². The van der Waals surface area contributed by atoms with E-state index in [9.17, 15) is 4.79 Å². The Hall–Kier alpha value is -0.570. The highest BCUT2D eigenvalue weighted by molar-refractivity contribution is 5.73. The summed E-state index contributed by atoms with van der Waals surface area (Å²) in [5.74, 6) is 0.821. The lowest BCUT2D eigenvalue weighted by molar-refractivity contribution is -0.153. The largest absolute Gasteiger partial charge is 0.465 e. The lowest BCUT2D eigenvalue weighted by Crippen LogP contribution is -2.34. The highest BCUT2D eigenvalue weighted by Gasteiger charge is 2.27. The molecule has 0 aromatic heterocycles. The zero-order valence-corrected chi connectivity index (χ0v) is 8.63. The van der Waals surface area contributed by atoms with E-state index in [2.05, 4.69) is 5.32 Å². The summed E-state index contributed by atoms with van der Waals surface area (Å²) in [5, 5.41) is 3.32. The Morgan fingerprint density at radius 3 is 2.71 bits per heavy atom. The number of carbonyl (C=O) groups excluding carboxylic acids is 1. The zero-order valence-electron chi connectivity index (χ0n) is 8.63. The molecule has 1 saturated carbocycles. The van der Waals surface area contributed by atoms with Gasteiger partial charge in [0.05, 0.1) is 12.5 Å². The molecule has 0 unspecified atom stereocenters. The molecule has 0 radical (unpaired) electrons. The van der Waals surface area contributed by atoms with Gasteiger partial charge in [-0.05, 0) is 32.2 Å². The summed E-state index contributed by atoms with van der Waals surface area (Å²) in [6, 6.07) is 0. The van der Waals surface area contributed by atoms with Crippen LogP contribution in [0.3, 0.4) is 0 Å². The number of carbonyl (C=O) groups is 1. The van der Waals surface area contributed by atoms with Gasteiger partial charge in [0.25, 0.3) is 0 Å². The molecule has 1 saturated heterocycles. The molecule has 2 fully saturated rings. The third-order valence-electron chi connectivity index (χ3n) is 3.30. The first-order valence-corrected chi connectivity index (χ1v) is 5.73. The summed E-state index contributed by atoms with van der Waals surface area (Å²) in [6.07, 6.45) is 5.70. The van der Waals surface area contributed by atoms with Crippen LogP contribution in [0.15, 0.2) is 0 Å². The lowest BCUT2D eigenvalue weighted by atomic mass is 9.86. The molecule has 2 rings (SSSR count). The maximum absolute atomic E-state index is 11.4. The average molecular weight is 197 g/mol. The van der Waals surface area contributed by atoms with E-state index in [0.717, 1.165) is 25.9 Å². The second-order valence-corrected chi connectivity index (χ2v) is 4.47. The van der Waals surface area contributed by atoms with E-state index in [4.69, 9.17) is 4.74 Å². The first kappa shape index (κ1) is 9.97. The van der Waals surface area contributed by atoms with Crippen molar-refractivity contribution in [2.75, 3.05) is 19.7 Å². The molecule has 1 atom stereocenters. The van der Waals surface area contributed by atoms with Crippen LogP contribution in [0.25, 0.3) is 0 Å². The van der Waals surface area contributed by atoms with Gasteiger partial charge < -0.3 is 10.1 Å². The molecule has 80 valence electrons. The second-order valence-electron chi connectivity index (χ2n) is 4.47. The number of nitrogens with one attached hydrogen (secondary N) is 1. The fourth-order valence-electron chi connectivity index (χ4n) is 2.03. The predicted molar refractivity (Wildman–Crippen MR) is 53.9 cm³/mol. The summed E-state index contributed by atoms with van der Waals surface area (Å²) in [4.78, 5) is 11.4. The molecule has 1 heterocycles. The van der Waals surface area contributed by atoms with Crippen LogP contribution in [0, 0.1) is 11.8 Å². The van der Waals surface area contributed by atoms with Gasteiger partial charge in [0.1, 0.15) is 0 Å². The number of piperidine rings is 1. The molecule has 1 aliphatic heterocycles. The summed E-state index contributed by atoms with van der Waals surface area (Å²) >= 11 is 0. The Kier molecular flexibility index (Phi) is 3.40. The predicted octanol–water partition coefficient (Wildman–Crippen LogP) is 1.33. The van der Waals surface area contributed by atoms with Gasteiger partial charge in [-0.25, -0.2) is 0 Å². The maximum atomic E-state index is 11.4. The first-order chi connectivity index (χ1) is 6.86. The Bertz CT molecular complexity index is 195. The highest BCUT2D eigenvalue weighted by atomic mass is 16.5. The molecule has 3 nitrogen and oxygen atoms in total. The average Bonchev–Trinajstić information content (AvgIpc) is 2.14. The topological polar surface area (TPSA) is 38.3 Å². The molecule has 0 amide bonds. The Morgan fingerprint density at radius 1 is 1.29 bits per heavy atom. The fraction of sp³-hybridized carbons (Fsp3) is 0.909. The Balaban J connectivity index is 1.62. The van der Waals surface area contributed by atoms with Crippen molar-refractivity contribution in [3.05, 3.63) is 0 Å². The number of hydrogen-bond donors (Lipinski definition) is 1. The van der Waals surface area contributed by atoms with Crippen LogP contribution in [0.5, 0.6) is 0 Å². The van der Waals surface area contributed by atoms with Crippen molar-refractivity contribution >= 4 is 5.97 Å². The summed E-state index contributed by atoms with van der Waals surface area (Å²) < 4.78 is 5.31. The Morgan fingerprint density at radius 2 is 2.14 bits per heavy atom. The first-order valence-electron chi connectivity index (χ1n) is 5.73. The van der Waals surface area contributed by atoms with E-state index in [-0.39, 0.29) is 11.9 Å². The van der Waals surface area contributed by atoms with Gasteiger partial charge in [-0.1, -0.05) is 6.42 Å². The van der Waals surface area contributed by atoms with E-state index in [1.54, 1.807) is 0 Å². The summed E-state index contributed by atoms with van der Waals surface area (Å²) in [5.41, 5.74) is 0. The van der Waals surface area contributed by atoms with Crippen LogP contribution in [0.4, 0.5) is 0 Å². The van der Waals surface area contributed by atoms with Crippen molar-refractivity contribution in [3.63, 3.8) is 0 Å². The monoisotopic (exact) mass is 197 g/mol. The quantitative estimate of drug-likeness (QED) is 0.694. The molecule has 0 aromatic carbocycles. The molecule has 0 aromatic rings. The van der Waals surface area contributed by atoms with E-state index < -0.39 is 0 Å². The molecule has 14 heavy (non-hydrogen) atoms. The second kappa shape index (κ2) is 4.78. The van der Waals surface area contributed by atoms with Crippen LogP contribution in [-0.2, 0) is 9.53 Å². The minimum atomic E-state index is 0.0434. The van der Waals surface area contributed by atoms with Crippen LogP contribution in [-0.4, -0.2) is 25.7 Å². The van der Waals surface area contributed by atoms with Gasteiger partial charge in [-0.15, -0.1) is 0 Å². The molecule has 1 N–H and O–H groups in total. The molecule has 1 aliphatic carbocycles. The van der Waals surface area contributed by atoms with Crippen molar-refractivity contribution in [1.82, 2.24) is 5.32 Å². The fourth-order valence-corrected chi connectivity index (χ4v) is 2.03.